The smallest absolute Gasteiger partial charge is 0.231 e. The fourth-order valence-electron chi connectivity index (χ4n) is 2.52. The molecule has 0 bridgehead atoms. The van der Waals surface area contributed by atoms with Gasteiger partial charge < -0.3 is 4.90 Å². The molecule has 2 aromatic carbocycles. The molecule has 1 aliphatic rings. The first-order chi connectivity index (χ1) is 10.1. The van der Waals surface area contributed by atoms with Gasteiger partial charge in [0.1, 0.15) is 0 Å². The fourth-order valence-corrected chi connectivity index (χ4v) is 2.93. The topological polar surface area (TPSA) is 37.4 Å². The van der Waals surface area contributed by atoms with Crippen molar-refractivity contribution in [2.24, 2.45) is 0 Å². The molecule has 0 fully saturated rings. The SMILES string of the molecule is CSc1ccc(C(=O)c2ccc3c(c2)CC(=O)N3C)cc1. The van der Waals surface area contributed by atoms with Gasteiger partial charge >= 0.3 is 0 Å². The number of thioether (sulfide) groups is 1. The van der Waals surface area contributed by atoms with Crippen LogP contribution >= 0.6 is 11.8 Å². The van der Waals surface area contributed by atoms with E-state index in [9.17, 15) is 9.59 Å². The zero-order valence-corrected chi connectivity index (χ0v) is 12.7. The second-order valence-electron chi connectivity index (χ2n) is 5.03. The molecular formula is C17H15NO2S. The Morgan fingerprint density at radius 1 is 1.10 bits per heavy atom. The highest BCUT2D eigenvalue weighted by molar-refractivity contribution is 7.98. The van der Waals surface area contributed by atoms with Crippen LogP contribution in [0.15, 0.2) is 47.4 Å². The Kier molecular flexibility index (Phi) is 3.55. The maximum atomic E-state index is 12.5. The Balaban J connectivity index is 1.92. The zero-order valence-electron chi connectivity index (χ0n) is 11.9. The molecule has 2 aromatic rings. The lowest BCUT2D eigenvalue weighted by atomic mass is 10.0. The van der Waals surface area contributed by atoms with E-state index < -0.39 is 0 Å². The van der Waals surface area contributed by atoms with Gasteiger partial charge in [0.05, 0.1) is 6.42 Å². The van der Waals surface area contributed by atoms with E-state index in [1.54, 1.807) is 29.8 Å². The van der Waals surface area contributed by atoms with E-state index in [1.807, 2.05) is 42.7 Å². The molecule has 0 N–H and O–H groups in total. The number of rotatable bonds is 3. The van der Waals surface area contributed by atoms with Crippen molar-refractivity contribution in [1.29, 1.82) is 0 Å². The van der Waals surface area contributed by atoms with Gasteiger partial charge in [-0.25, -0.2) is 0 Å². The van der Waals surface area contributed by atoms with Crippen LogP contribution in [0.25, 0.3) is 0 Å². The number of likely N-dealkylation sites (N-methyl/N-ethyl adjacent to an activating group) is 1. The molecule has 0 saturated carbocycles. The van der Waals surface area contributed by atoms with Crippen molar-refractivity contribution in [3.8, 4) is 0 Å². The van der Waals surface area contributed by atoms with Crippen molar-refractivity contribution in [2.45, 2.75) is 11.3 Å². The van der Waals surface area contributed by atoms with Gasteiger partial charge in [-0.05, 0) is 54.3 Å². The molecule has 1 heterocycles. The number of ketones is 1. The van der Waals surface area contributed by atoms with Crippen LogP contribution in [0.4, 0.5) is 5.69 Å². The van der Waals surface area contributed by atoms with Crippen molar-refractivity contribution >= 4 is 29.1 Å². The highest BCUT2D eigenvalue weighted by Crippen LogP contribution is 2.29. The number of hydrogen-bond acceptors (Lipinski definition) is 3. The van der Waals surface area contributed by atoms with Crippen molar-refractivity contribution in [3.63, 3.8) is 0 Å². The van der Waals surface area contributed by atoms with Crippen LogP contribution < -0.4 is 4.90 Å². The van der Waals surface area contributed by atoms with Crippen molar-refractivity contribution in [3.05, 3.63) is 59.2 Å². The Hall–Kier alpha value is -2.07. The molecule has 0 unspecified atom stereocenters. The average molecular weight is 297 g/mol. The Morgan fingerprint density at radius 2 is 1.76 bits per heavy atom. The minimum atomic E-state index is -0.00699. The van der Waals surface area contributed by atoms with E-state index in [0.717, 1.165) is 16.1 Å². The van der Waals surface area contributed by atoms with Gasteiger partial charge in [0.25, 0.3) is 0 Å². The monoisotopic (exact) mass is 297 g/mol. The maximum absolute atomic E-state index is 12.5. The molecule has 1 aliphatic heterocycles. The molecule has 0 atom stereocenters. The van der Waals surface area contributed by atoms with Crippen LogP contribution in [0, 0.1) is 0 Å². The molecule has 0 aromatic heterocycles. The van der Waals surface area contributed by atoms with Crippen LogP contribution in [-0.2, 0) is 11.2 Å². The standard InChI is InChI=1S/C17H15NO2S/c1-18-15-8-5-12(9-13(15)10-16(18)19)17(20)11-3-6-14(21-2)7-4-11/h3-9H,10H2,1-2H3. The highest BCUT2D eigenvalue weighted by Gasteiger charge is 2.24. The van der Waals surface area contributed by atoms with E-state index >= 15 is 0 Å². The molecule has 0 spiro atoms. The van der Waals surface area contributed by atoms with Gasteiger partial charge in [-0.1, -0.05) is 0 Å². The Labute approximate surface area is 128 Å². The van der Waals surface area contributed by atoms with Crippen molar-refractivity contribution in [1.82, 2.24) is 0 Å². The normalized spacial score (nSPS) is 13.4. The summed E-state index contributed by atoms with van der Waals surface area (Å²) in [5, 5.41) is 0. The summed E-state index contributed by atoms with van der Waals surface area (Å²) in [6.45, 7) is 0. The molecule has 21 heavy (non-hydrogen) atoms. The van der Waals surface area contributed by atoms with E-state index in [4.69, 9.17) is 0 Å². The second kappa shape index (κ2) is 5.37. The maximum Gasteiger partial charge on any atom is 0.231 e. The molecule has 4 heteroatoms. The van der Waals surface area contributed by atoms with Crippen LogP contribution in [-0.4, -0.2) is 25.0 Å². The Morgan fingerprint density at radius 3 is 2.43 bits per heavy atom. The van der Waals surface area contributed by atoms with E-state index in [2.05, 4.69) is 0 Å². The van der Waals surface area contributed by atoms with Crippen LogP contribution in [0.3, 0.4) is 0 Å². The summed E-state index contributed by atoms with van der Waals surface area (Å²) in [6.07, 6.45) is 2.38. The van der Waals surface area contributed by atoms with E-state index in [0.29, 0.717) is 17.5 Å². The van der Waals surface area contributed by atoms with E-state index in [-0.39, 0.29) is 11.7 Å². The number of carbonyl (C=O) groups is 2. The predicted octanol–water partition coefficient (Wildman–Crippen LogP) is 3.16. The van der Waals surface area contributed by atoms with Crippen LogP contribution in [0.1, 0.15) is 21.5 Å². The molecular weight excluding hydrogens is 282 g/mol. The third-order valence-corrected chi connectivity index (χ3v) is 4.51. The summed E-state index contributed by atoms with van der Waals surface area (Å²) in [6, 6.07) is 13.1. The zero-order chi connectivity index (χ0) is 15.0. The Bertz CT molecular complexity index is 722. The summed E-state index contributed by atoms with van der Waals surface area (Å²) < 4.78 is 0. The highest BCUT2D eigenvalue weighted by atomic mass is 32.2. The number of carbonyl (C=O) groups excluding carboxylic acids is 2. The summed E-state index contributed by atoms with van der Waals surface area (Å²) in [7, 11) is 1.76. The molecule has 0 aliphatic carbocycles. The fraction of sp³-hybridized carbons (Fsp3) is 0.176. The lowest BCUT2D eigenvalue weighted by molar-refractivity contribution is -0.117. The van der Waals surface area contributed by atoms with Crippen molar-refractivity contribution < 1.29 is 9.59 Å². The molecule has 106 valence electrons. The van der Waals surface area contributed by atoms with Gasteiger partial charge in [-0.15, -0.1) is 11.8 Å². The number of nitrogens with zero attached hydrogens (tertiary/aromatic N) is 1. The quantitative estimate of drug-likeness (QED) is 0.645. The lowest BCUT2D eigenvalue weighted by Crippen LogP contribution is -2.20. The number of hydrogen-bond donors (Lipinski definition) is 0. The third-order valence-electron chi connectivity index (χ3n) is 3.77. The second-order valence-corrected chi connectivity index (χ2v) is 5.91. The summed E-state index contributed by atoms with van der Waals surface area (Å²) in [5.74, 6) is 0.0615. The van der Waals surface area contributed by atoms with E-state index in [1.165, 1.54) is 0 Å². The lowest BCUT2D eigenvalue weighted by Gasteiger charge is -2.10. The van der Waals surface area contributed by atoms with Crippen molar-refractivity contribution in [2.75, 3.05) is 18.2 Å². The third kappa shape index (κ3) is 2.47. The molecule has 3 nitrogen and oxygen atoms in total. The molecule has 1 amide bonds. The largest absolute Gasteiger partial charge is 0.315 e. The van der Waals surface area contributed by atoms with Crippen LogP contribution in [0.2, 0.25) is 0 Å². The van der Waals surface area contributed by atoms with Gasteiger partial charge in [0, 0.05) is 28.8 Å². The van der Waals surface area contributed by atoms with Gasteiger partial charge in [-0.3, -0.25) is 9.59 Å². The number of benzene rings is 2. The average Bonchev–Trinajstić information content (AvgIpc) is 2.81. The summed E-state index contributed by atoms with van der Waals surface area (Å²) in [5.41, 5.74) is 3.13. The molecule has 0 saturated heterocycles. The predicted molar refractivity (Wildman–Crippen MR) is 85.2 cm³/mol. The first kappa shape index (κ1) is 13.9. The minimum Gasteiger partial charge on any atom is -0.315 e. The molecule has 3 rings (SSSR count). The van der Waals surface area contributed by atoms with Crippen LogP contribution in [0.5, 0.6) is 0 Å². The summed E-state index contributed by atoms with van der Waals surface area (Å²) in [4.78, 5) is 27.0. The first-order valence-electron chi connectivity index (χ1n) is 6.68. The number of amides is 1. The minimum absolute atomic E-state index is 0.00699. The van der Waals surface area contributed by atoms with Gasteiger partial charge in [0.2, 0.25) is 5.91 Å². The van der Waals surface area contributed by atoms with Gasteiger partial charge in [0.15, 0.2) is 5.78 Å². The molecule has 0 radical (unpaired) electrons. The number of fused-ring (bicyclic) bond motifs is 1. The number of anilines is 1. The van der Waals surface area contributed by atoms with Gasteiger partial charge in [-0.2, -0.15) is 0 Å². The first-order valence-corrected chi connectivity index (χ1v) is 7.91. The summed E-state index contributed by atoms with van der Waals surface area (Å²) >= 11 is 1.65.